The summed E-state index contributed by atoms with van der Waals surface area (Å²) in [5, 5.41) is 2.42. The van der Waals surface area contributed by atoms with E-state index in [-0.39, 0.29) is 0 Å². The van der Waals surface area contributed by atoms with Crippen LogP contribution in [0.2, 0.25) is 0 Å². The summed E-state index contributed by atoms with van der Waals surface area (Å²) in [6.07, 6.45) is 4.23. The number of rotatable bonds is 3. The van der Waals surface area contributed by atoms with E-state index >= 15 is 0 Å². The highest BCUT2D eigenvalue weighted by molar-refractivity contribution is 6.00. The van der Waals surface area contributed by atoms with Crippen molar-refractivity contribution in [3.05, 3.63) is 90.1 Å². The van der Waals surface area contributed by atoms with Crippen LogP contribution in [0.1, 0.15) is 25.0 Å². The van der Waals surface area contributed by atoms with E-state index in [4.69, 9.17) is 4.98 Å². The molecule has 6 rings (SSSR count). The summed E-state index contributed by atoms with van der Waals surface area (Å²) >= 11 is 0. The predicted octanol–water partition coefficient (Wildman–Crippen LogP) is 6.69. The normalized spacial score (nSPS) is 11.9. The van der Waals surface area contributed by atoms with Crippen molar-refractivity contribution in [2.24, 2.45) is 0 Å². The number of benzene rings is 3. The van der Waals surface area contributed by atoms with Gasteiger partial charge in [0.05, 0.1) is 16.7 Å². The second kappa shape index (κ2) is 6.46. The Kier molecular flexibility index (Phi) is 3.72. The van der Waals surface area contributed by atoms with E-state index in [1.807, 2.05) is 0 Å². The minimum atomic E-state index is 1.00. The van der Waals surface area contributed by atoms with Gasteiger partial charge in [0.15, 0.2) is 0 Å². The van der Waals surface area contributed by atoms with E-state index in [0.717, 1.165) is 29.8 Å². The lowest BCUT2D eigenvalue weighted by molar-refractivity contribution is 1.09. The van der Waals surface area contributed by atoms with Gasteiger partial charge in [0, 0.05) is 22.5 Å². The molecule has 0 N–H and O–H groups in total. The quantitative estimate of drug-likeness (QED) is 0.331. The number of hydrogen-bond donors (Lipinski definition) is 0. The molecule has 6 aromatic rings. The molecule has 3 aromatic heterocycles. The van der Waals surface area contributed by atoms with Gasteiger partial charge in [-0.2, -0.15) is 0 Å². The Morgan fingerprint density at radius 2 is 1.47 bits per heavy atom. The van der Waals surface area contributed by atoms with E-state index in [1.54, 1.807) is 0 Å². The lowest BCUT2D eigenvalue weighted by Crippen LogP contribution is -1.95. The van der Waals surface area contributed by atoms with Crippen molar-refractivity contribution in [1.82, 2.24) is 13.8 Å². The molecule has 0 saturated heterocycles. The van der Waals surface area contributed by atoms with Crippen molar-refractivity contribution >= 4 is 33.1 Å². The Balaban J connectivity index is 1.81. The molecule has 0 aliphatic rings. The summed E-state index contributed by atoms with van der Waals surface area (Å²) < 4.78 is 4.62. The molecule has 0 atom stereocenters. The average molecular weight is 390 g/mol. The van der Waals surface area contributed by atoms with Gasteiger partial charge in [-0.3, -0.25) is 8.80 Å². The van der Waals surface area contributed by atoms with Gasteiger partial charge in [-0.1, -0.05) is 62.4 Å². The molecule has 0 amide bonds. The first-order valence-electron chi connectivity index (χ1n) is 10.7. The molecule has 3 nitrogen and oxygen atoms in total. The Morgan fingerprint density at radius 1 is 0.767 bits per heavy atom. The van der Waals surface area contributed by atoms with Crippen molar-refractivity contribution < 1.29 is 0 Å². The summed E-state index contributed by atoms with van der Waals surface area (Å²) in [6, 6.07) is 26.1. The van der Waals surface area contributed by atoms with Crippen LogP contribution in [-0.2, 0) is 12.8 Å². The first kappa shape index (κ1) is 17.3. The van der Waals surface area contributed by atoms with Gasteiger partial charge in [-0.05, 0) is 48.2 Å². The van der Waals surface area contributed by atoms with Crippen LogP contribution in [0.5, 0.6) is 0 Å². The number of aromatic nitrogens is 3. The SMILES string of the molecule is CCc1cccc(CC)c1-c1cn2c(n1)c1ccccc1n1c3ccccc3cc21. The summed E-state index contributed by atoms with van der Waals surface area (Å²) in [6.45, 7) is 4.45. The van der Waals surface area contributed by atoms with E-state index in [2.05, 4.69) is 102 Å². The van der Waals surface area contributed by atoms with Gasteiger partial charge >= 0.3 is 0 Å². The molecule has 0 spiro atoms. The fourth-order valence-electron chi connectivity index (χ4n) is 4.87. The van der Waals surface area contributed by atoms with E-state index in [1.165, 1.54) is 38.5 Å². The minimum absolute atomic E-state index is 1.00. The maximum absolute atomic E-state index is 5.20. The van der Waals surface area contributed by atoms with Crippen LogP contribution < -0.4 is 0 Å². The van der Waals surface area contributed by atoms with Gasteiger partial charge in [-0.25, -0.2) is 4.98 Å². The summed E-state index contributed by atoms with van der Waals surface area (Å²) in [5.41, 5.74) is 9.66. The third-order valence-corrected chi connectivity index (χ3v) is 6.28. The van der Waals surface area contributed by atoms with Crippen LogP contribution in [0.25, 0.3) is 44.4 Å². The molecular weight excluding hydrogens is 366 g/mol. The zero-order valence-corrected chi connectivity index (χ0v) is 17.3. The van der Waals surface area contributed by atoms with Gasteiger partial charge in [0.2, 0.25) is 0 Å². The number of para-hydroxylation sites is 2. The number of nitrogens with zero attached hydrogens (tertiary/aromatic N) is 3. The molecule has 0 fully saturated rings. The van der Waals surface area contributed by atoms with E-state index < -0.39 is 0 Å². The summed E-state index contributed by atoms with van der Waals surface area (Å²) in [4.78, 5) is 5.20. The predicted molar refractivity (Wildman–Crippen MR) is 125 cm³/mol. The second-order valence-corrected chi connectivity index (χ2v) is 7.89. The third kappa shape index (κ3) is 2.29. The molecular formula is C27H23N3. The van der Waals surface area contributed by atoms with Gasteiger partial charge in [0.1, 0.15) is 11.3 Å². The molecule has 3 heterocycles. The van der Waals surface area contributed by atoms with Crippen molar-refractivity contribution in [3.63, 3.8) is 0 Å². The Morgan fingerprint density at radius 3 is 2.23 bits per heavy atom. The highest BCUT2D eigenvalue weighted by Gasteiger charge is 2.17. The van der Waals surface area contributed by atoms with Crippen LogP contribution in [0.3, 0.4) is 0 Å². The molecule has 0 bridgehead atoms. The minimum Gasteiger partial charge on any atom is -0.295 e. The van der Waals surface area contributed by atoms with Crippen molar-refractivity contribution in [1.29, 1.82) is 0 Å². The molecule has 3 heteroatoms. The van der Waals surface area contributed by atoms with Gasteiger partial charge in [-0.15, -0.1) is 0 Å². The number of aryl methyl sites for hydroxylation is 2. The summed E-state index contributed by atoms with van der Waals surface area (Å²) in [5.74, 6) is 0. The zero-order chi connectivity index (χ0) is 20.2. The molecule has 0 aliphatic heterocycles. The largest absolute Gasteiger partial charge is 0.295 e. The van der Waals surface area contributed by atoms with E-state index in [9.17, 15) is 0 Å². The van der Waals surface area contributed by atoms with Crippen LogP contribution >= 0.6 is 0 Å². The van der Waals surface area contributed by atoms with Gasteiger partial charge < -0.3 is 0 Å². The fourth-order valence-corrected chi connectivity index (χ4v) is 4.87. The number of imidazole rings is 1. The molecule has 146 valence electrons. The molecule has 0 unspecified atom stereocenters. The monoisotopic (exact) mass is 389 g/mol. The zero-order valence-electron chi connectivity index (χ0n) is 17.3. The molecule has 0 radical (unpaired) electrons. The standard InChI is InChI=1S/C27H23N3/c1-3-18-11-9-12-19(4-2)26(18)22-17-29-25-16-20-10-5-7-14-23(20)30(25)24-15-8-6-13-21(24)27(29)28-22/h5-17H,3-4H2,1-2H3. The van der Waals surface area contributed by atoms with E-state index in [0.29, 0.717) is 0 Å². The topological polar surface area (TPSA) is 21.7 Å². The van der Waals surface area contributed by atoms with Crippen LogP contribution in [-0.4, -0.2) is 13.8 Å². The number of fused-ring (bicyclic) bond motifs is 8. The second-order valence-electron chi connectivity index (χ2n) is 7.89. The smallest absolute Gasteiger partial charge is 0.148 e. The van der Waals surface area contributed by atoms with Crippen molar-refractivity contribution in [2.75, 3.05) is 0 Å². The first-order chi connectivity index (χ1) is 14.8. The van der Waals surface area contributed by atoms with Crippen molar-refractivity contribution in [3.8, 4) is 11.3 Å². The highest BCUT2D eigenvalue weighted by atomic mass is 15.1. The maximum Gasteiger partial charge on any atom is 0.148 e. The van der Waals surface area contributed by atoms with Gasteiger partial charge in [0.25, 0.3) is 0 Å². The van der Waals surface area contributed by atoms with Crippen LogP contribution in [0, 0.1) is 0 Å². The average Bonchev–Trinajstić information content (AvgIpc) is 3.40. The number of hydrogen-bond acceptors (Lipinski definition) is 1. The Hall–Kier alpha value is -3.59. The first-order valence-corrected chi connectivity index (χ1v) is 10.7. The highest BCUT2D eigenvalue weighted by Crippen LogP contribution is 2.33. The maximum atomic E-state index is 5.20. The molecule has 3 aromatic carbocycles. The van der Waals surface area contributed by atoms with Crippen LogP contribution in [0.4, 0.5) is 0 Å². The fraction of sp³-hybridized carbons (Fsp3) is 0.148. The Bertz CT molecular complexity index is 1540. The molecule has 0 aliphatic carbocycles. The van der Waals surface area contributed by atoms with Crippen LogP contribution in [0.15, 0.2) is 79.0 Å². The third-order valence-electron chi connectivity index (χ3n) is 6.28. The molecule has 0 saturated carbocycles. The molecule has 30 heavy (non-hydrogen) atoms. The lowest BCUT2D eigenvalue weighted by Gasteiger charge is -2.10. The van der Waals surface area contributed by atoms with Crippen molar-refractivity contribution in [2.45, 2.75) is 26.7 Å². The Labute approximate surface area is 175 Å². The lowest BCUT2D eigenvalue weighted by atomic mass is 9.95. The summed E-state index contributed by atoms with van der Waals surface area (Å²) in [7, 11) is 0.